The van der Waals surface area contributed by atoms with Crippen molar-refractivity contribution in [3.63, 3.8) is 0 Å². The van der Waals surface area contributed by atoms with E-state index in [2.05, 4.69) is 9.97 Å². The third-order valence-corrected chi connectivity index (χ3v) is 4.25. The van der Waals surface area contributed by atoms with E-state index in [-0.39, 0.29) is 22.0 Å². The summed E-state index contributed by atoms with van der Waals surface area (Å²) in [7, 11) is 2.89. The number of ether oxygens (including phenoxy) is 3. The lowest BCUT2D eigenvalue weighted by atomic mass is 10.2. The molecule has 0 aliphatic heterocycles. The van der Waals surface area contributed by atoms with Crippen LogP contribution in [-0.2, 0) is 4.74 Å². The zero-order valence-corrected chi connectivity index (χ0v) is 15.7. The van der Waals surface area contributed by atoms with Gasteiger partial charge in [-0.1, -0.05) is 23.7 Å². The Kier molecular flexibility index (Phi) is 5.32. The summed E-state index contributed by atoms with van der Waals surface area (Å²) in [6.45, 7) is 1.62. The van der Waals surface area contributed by atoms with Crippen LogP contribution in [0.3, 0.4) is 0 Å². The fraction of sp³-hybridized carbons (Fsp3) is 0.211. The van der Waals surface area contributed by atoms with Gasteiger partial charge in [0.05, 0.1) is 35.7 Å². The Labute approximate surface area is 159 Å². The van der Waals surface area contributed by atoms with Gasteiger partial charge >= 0.3 is 5.97 Å². The first-order valence-electron chi connectivity index (χ1n) is 8.06. The van der Waals surface area contributed by atoms with Crippen LogP contribution in [0.4, 0.5) is 0 Å². The molecule has 0 unspecified atom stereocenters. The van der Waals surface area contributed by atoms with Crippen molar-refractivity contribution < 1.29 is 19.0 Å². The maximum atomic E-state index is 12.5. The summed E-state index contributed by atoms with van der Waals surface area (Å²) in [5.41, 5.74) is 0.411. The van der Waals surface area contributed by atoms with E-state index in [9.17, 15) is 9.59 Å². The number of aromatic amines is 1. The van der Waals surface area contributed by atoms with Crippen LogP contribution in [0, 0.1) is 0 Å². The molecule has 0 fully saturated rings. The second-order valence-electron chi connectivity index (χ2n) is 5.71. The highest BCUT2D eigenvalue weighted by atomic mass is 35.5. The van der Waals surface area contributed by atoms with Crippen LogP contribution in [0.5, 0.6) is 11.5 Å². The van der Waals surface area contributed by atoms with Crippen LogP contribution in [0.1, 0.15) is 29.2 Å². The zero-order valence-electron chi connectivity index (χ0n) is 14.9. The minimum Gasteiger partial charge on any atom is -0.493 e. The first kappa shape index (κ1) is 18.7. The average Bonchev–Trinajstić information content (AvgIpc) is 2.67. The smallest absolute Gasteiger partial charge is 0.339 e. The van der Waals surface area contributed by atoms with Gasteiger partial charge in [-0.3, -0.25) is 4.79 Å². The topological polar surface area (TPSA) is 90.5 Å². The van der Waals surface area contributed by atoms with Crippen molar-refractivity contribution in [3.05, 3.63) is 63.2 Å². The molecule has 1 N–H and O–H groups in total. The Morgan fingerprint density at radius 1 is 1.19 bits per heavy atom. The van der Waals surface area contributed by atoms with Gasteiger partial charge in [0.25, 0.3) is 5.56 Å². The number of esters is 1. The van der Waals surface area contributed by atoms with Gasteiger partial charge in [0, 0.05) is 0 Å². The lowest BCUT2D eigenvalue weighted by Gasteiger charge is -2.15. The molecule has 0 aliphatic rings. The maximum Gasteiger partial charge on any atom is 0.339 e. The number of rotatable bonds is 5. The van der Waals surface area contributed by atoms with Gasteiger partial charge in [0.1, 0.15) is 0 Å². The Balaban J connectivity index is 1.88. The summed E-state index contributed by atoms with van der Waals surface area (Å²) in [6, 6.07) is 9.82. The Morgan fingerprint density at radius 3 is 2.63 bits per heavy atom. The van der Waals surface area contributed by atoms with Crippen LogP contribution in [0.15, 0.2) is 41.2 Å². The molecule has 0 bridgehead atoms. The van der Waals surface area contributed by atoms with Crippen molar-refractivity contribution >= 4 is 28.5 Å². The molecule has 3 rings (SSSR count). The van der Waals surface area contributed by atoms with Crippen LogP contribution in [0.2, 0.25) is 5.02 Å². The fourth-order valence-corrected chi connectivity index (χ4v) is 2.91. The number of hydrogen-bond donors (Lipinski definition) is 1. The van der Waals surface area contributed by atoms with Gasteiger partial charge in [-0.05, 0) is 31.2 Å². The van der Waals surface area contributed by atoms with Crippen molar-refractivity contribution in [1.82, 2.24) is 9.97 Å². The lowest BCUT2D eigenvalue weighted by Crippen LogP contribution is -2.17. The van der Waals surface area contributed by atoms with Gasteiger partial charge in [-0.15, -0.1) is 0 Å². The highest BCUT2D eigenvalue weighted by molar-refractivity contribution is 6.32. The highest BCUT2D eigenvalue weighted by Gasteiger charge is 2.20. The molecule has 0 saturated heterocycles. The minimum atomic E-state index is -0.776. The predicted octanol–water partition coefficient (Wildman–Crippen LogP) is 3.51. The summed E-state index contributed by atoms with van der Waals surface area (Å²) < 4.78 is 15.8. The molecule has 0 spiro atoms. The van der Waals surface area contributed by atoms with E-state index in [0.29, 0.717) is 22.4 Å². The molecule has 0 amide bonds. The number of hydrogen-bond acceptors (Lipinski definition) is 6. The van der Waals surface area contributed by atoms with Gasteiger partial charge < -0.3 is 19.2 Å². The van der Waals surface area contributed by atoms with Gasteiger partial charge in [0.15, 0.2) is 23.4 Å². The summed E-state index contributed by atoms with van der Waals surface area (Å²) in [5.74, 6) is 0.242. The SMILES string of the molecule is COc1cc(C(=O)O[C@H](C)c2nc3ccccc3c(=O)[nH]2)cc(Cl)c1OC. The van der Waals surface area contributed by atoms with E-state index in [4.69, 9.17) is 25.8 Å². The third kappa shape index (κ3) is 3.73. The molecule has 7 nitrogen and oxygen atoms in total. The molecule has 0 aliphatic carbocycles. The van der Waals surface area contributed by atoms with Crippen LogP contribution in [-0.4, -0.2) is 30.2 Å². The number of methoxy groups -OCH3 is 2. The maximum absolute atomic E-state index is 12.5. The highest BCUT2D eigenvalue weighted by Crippen LogP contribution is 2.36. The molecular weight excluding hydrogens is 372 g/mol. The quantitative estimate of drug-likeness (QED) is 0.672. The standard InChI is InChI=1S/C19H17ClN2O5/c1-10(17-21-14-7-5-4-6-12(14)18(23)22-17)27-19(24)11-8-13(20)16(26-3)15(9-11)25-2/h4-10H,1-3H3,(H,21,22,23)/t10-/m1/s1. The normalized spacial score (nSPS) is 11.9. The lowest BCUT2D eigenvalue weighted by molar-refractivity contribution is 0.0319. The molecule has 1 atom stereocenters. The van der Waals surface area contributed by atoms with E-state index in [1.165, 1.54) is 26.4 Å². The third-order valence-electron chi connectivity index (χ3n) is 3.97. The molecular formula is C19H17ClN2O5. The first-order chi connectivity index (χ1) is 12.9. The Bertz CT molecular complexity index is 1060. The van der Waals surface area contributed by atoms with Crippen LogP contribution < -0.4 is 15.0 Å². The molecule has 27 heavy (non-hydrogen) atoms. The first-order valence-corrected chi connectivity index (χ1v) is 8.44. The number of carbonyl (C=O) groups excluding carboxylic acids is 1. The van der Waals surface area contributed by atoms with Crippen molar-refractivity contribution in [3.8, 4) is 11.5 Å². The van der Waals surface area contributed by atoms with Gasteiger partial charge in [-0.2, -0.15) is 0 Å². The summed E-state index contributed by atoms with van der Waals surface area (Å²) in [6.07, 6.45) is -0.776. The average molecular weight is 389 g/mol. The van der Waals surface area contributed by atoms with Crippen LogP contribution >= 0.6 is 11.6 Å². The Morgan fingerprint density at radius 2 is 1.93 bits per heavy atom. The second kappa shape index (κ2) is 7.67. The molecule has 2 aromatic carbocycles. The number of nitrogens with zero attached hydrogens (tertiary/aromatic N) is 1. The summed E-state index contributed by atoms with van der Waals surface area (Å²) >= 11 is 6.12. The number of nitrogens with one attached hydrogen (secondary N) is 1. The van der Waals surface area contributed by atoms with E-state index < -0.39 is 12.1 Å². The van der Waals surface area contributed by atoms with E-state index in [1.807, 2.05) is 0 Å². The molecule has 8 heteroatoms. The zero-order chi connectivity index (χ0) is 19.6. The van der Waals surface area contributed by atoms with Crippen molar-refractivity contribution in [1.29, 1.82) is 0 Å². The number of H-pyrrole nitrogens is 1. The van der Waals surface area contributed by atoms with Crippen molar-refractivity contribution in [2.75, 3.05) is 14.2 Å². The fourth-order valence-electron chi connectivity index (χ4n) is 2.62. The molecule has 0 radical (unpaired) electrons. The molecule has 1 aromatic heterocycles. The summed E-state index contributed by atoms with van der Waals surface area (Å²) in [4.78, 5) is 31.7. The molecule has 140 valence electrons. The largest absolute Gasteiger partial charge is 0.493 e. The number of halogens is 1. The number of para-hydroxylation sites is 1. The summed E-state index contributed by atoms with van der Waals surface area (Å²) in [5, 5.41) is 0.681. The number of aromatic nitrogens is 2. The van der Waals surface area contributed by atoms with Gasteiger partial charge in [-0.25, -0.2) is 9.78 Å². The second-order valence-corrected chi connectivity index (χ2v) is 6.12. The molecule has 1 heterocycles. The monoisotopic (exact) mass is 388 g/mol. The van der Waals surface area contributed by atoms with Crippen LogP contribution in [0.25, 0.3) is 10.9 Å². The minimum absolute atomic E-state index is 0.188. The number of fused-ring (bicyclic) bond motifs is 1. The molecule has 3 aromatic rings. The van der Waals surface area contributed by atoms with Crippen molar-refractivity contribution in [2.45, 2.75) is 13.0 Å². The van der Waals surface area contributed by atoms with E-state index in [1.54, 1.807) is 31.2 Å². The van der Waals surface area contributed by atoms with E-state index >= 15 is 0 Å². The number of carbonyl (C=O) groups is 1. The van der Waals surface area contributed by atoms with Gasteiger partial charge in [0.2, 0.25) is 0 Å². The predicted molar refractivity (Wildman–Crippen MR) is 101 cm³/mol. The Hall–Kier alpha value is -3.06. The van der Waals surface area contributed by atoms with Crippen molar-refractivity contribution in [2.24, 2.45) is 0 Å². The van der Waals surface area contributed by atoms with E-state index in [0.717, 1.165) is 0 Å². The number of benzene rings is 2. The molecule has 0 saturated carbocycles.